The van der Waals surface area contributed by atoms with Crippen molar-refractivity contribution >= 4 is 38.6 Å². The number of hydrogen-bond donors (Lipinski definition) is 2. The van der Waals surface area contributed by atoms with Gasteiger partial charge in [-0.3, -0.25) is 0 Å². The second-order valence-corrected chi connectivity index (χ2v) is 4.95. The van der Waals surface area contributed by atoms with Gasteiger partial charge >= 0.3 is 11.7 Å². The first-order valence-electron chi connectivity index (χ1n) is 5.46. The average molecular weight is 323 g/mol. The zero-order valence-corrected chi connectivity index (χ0v) is 11.5. The van der Waals surface area contributed by atoms with Crippen LogP contribution in [0.25, 0.3) is 11.0 Å². The van der Waals surface area contributed by atoms with E-state index in [4.69, 9.17) is 4.42 Å². The van der Waals surface area contributed by atoms with Gasteiger partial charge in [0.25, 0.3) is 0 Å². The molecule has 0 aliphatic carbocycles. The van der Waals surface area contributed by atoms with Crippen molar-refractivity contribution in [2.45, 2.75) is 0 Å². The van der Waals surface area contributed by atoms with Gasteiger partial charge in [-0.05, 0) is 24.3 Å². The number of benzene rings is 1. The lowest BCUT2D eigenvalue weighted by Crippen LogP contribution is -2.29. The molecule has 0 unspecified atom stereocenters. The first kappa shape index (κ1) is 13.4. The number of halogens is 1. The fourth-order valence-corrected chi connectivity index (χ4v) is 1.64. The van der Waals surface area contributed by atoms with Crippen LogP contribution in [0, 0.1) is 0 Å². The third-order valence-electron chi connectivity index (χ3n) is 2.32. The predicted octanol–water partition coefficient (Wildman–Crippen LogP) is 2.82. The predicted molar refractivity (Wildman–Crippen MR) is 77.6 cm³/mol. The molecule has 0 bridgehead atoms. The Morgan fingerprint density at radius 2 is 2.11 bits per heavy atom. The third-order valence-corrected chi connectivity index (χ3v) is 2.60. The summed E-state index contributed by atoms with van der Waals surface area (Å²) in [5.74, 6) is 0. The molecule has 98 valence electrons. The average Bonchev–Trinajstić information content (AvgIpc) is 2.36. The number of urea groups is 1. The van der Waals surface area contributed by atoms with Crippen LogP contribution in [0.3, 0.4) is 0 Å². The molecule has 2 amide bonds. The number of hydrogen-bond acceptors (Lipinski definition) is 3. The lowest BCUT2D eigenvalue weighted by Gasteiger charge is -2.07. The monoisotopic (exact) mass is 322 g/mol. The van der Waals surface area contributed by atoms with Crippen molar-refractivity contribution in [3.05, 3.63) is 51.8 Å². The van der Waals surface area contributed by atoms with Gasteiger partial charge in [0.05, 0.1) is 6.54 Å². The van der Waals surface area contributed by atoms with Crippen molar-refractivity contribution in [1.29, 1.82) is 0 Å². The van der Waals surface area contributed by atoms with Crippen LogP contribution in [0.2, 0.25) is 0 Å². The summed E-state index contributed by atoms with van der Waals surface area (Å²) in [6.45, 7) is 3.96. The Morgan fingerprint density at radius 1 is 1.32 bits per heavy atom. The van der Waals surface area contributed by atoms with Gasteiger partial charge in [0.2, 0.25) is 0 Å². The van der Waals surface area contributed by atoms with E-state index in [1.165, 1.54) is 6.07 Å². The summed E-state index contributed by atoms with van der Waals surface area (Å²) >= 11 is 3.15. The van der Waals surface area contributed by atoms with Crippen LogP contribution in [0.5, 0.6) is 0 Å². The molecule has 0 fully saturated rings. The smallest absolute Gasteiger partial charge is 0.336 e. The van der Waals surface area contributed by atoms with Gasteiger partial charge in [0, 0.05) is 21.6 Å². The Labute approximate surface area is 117 Å². The van der Waals surface area contributed by atoms with Crippen LogP contribution in [0.1, 0.15) is 0 Å². The summed E-state index contributed by atoms with van der Waals surface area (Å²) < 4.78 is 5.68. The highest BCUT2D eigenvalue weighted by Crippen LogP contribution is 2.17. The molecule has 5 nitrogen and oxygen atoms in total. The van der Waals surface area contributed by atoms with E-state index < -0.39 is 5.63 Å². The molecule has 1 aromatic heterocycles. The maximum absolute atomic E-state index is 11.5. The van der Waals surface area contributed by atoms with Gasteiger partial charge in [0.15, 0.2) is 0 Å². The molecule has 19 heavy (non-hydrogen) atoms. The van der Waals surface area contributed by atoms with E-state index in [0.29, 0.717) is 22.3 Å². The number of carbonyl (C=O) groups excluding carboxylic acids is 1. The van der Waals surface area contributed by atoms with Gasteiger partial charge in [-0.2, -0.15) is 0 Å². The van der Waals surface area contributed by atoms with Gasteiger partial charge in [-0.25, -0.2) is 9.59 Å². The normalized spacial score (nSPS) is 10.2. The SMILES string of the molecule is C=C(Br)CNC(=O)Nc1ccc2oc(=O)ccc2c1. The zero-order chi connectivity index (χ0) is 13.8. The van der Waals surface area contributed by atoms with Crippen LogP contribution in [-0.4, -0.2) is 12.6 Å². The van der Waals surface area contributed by atoms with Crippen LogP contribution < -0.4 is 16.3 Å². The van der Waals surface area contributed by atoms with Gasteiger partial charge < -0.3 is 15.1 Å². The molecule has 0 aliphatic heterocycles. The Bertz CT molecular complexity index is 694. The van der Waals surface area contributed by atoms with E-state index in [0.717, 1.165) is 5.39 Å². The minimum absolute atomic E-state index is 0.336. The number of anilines is 1. The molecule has 0 spiro atoms. The summed E-state index contributed by atoms with van der Waals surface area (Å²) in [4.78, 5) is 22.6. The number of amides is 2. The third kappa shape index (κ3) is 3.69. The van der Waals surface area contributed by atoms with Crippen molar-refractivity contribution in [2.75, 3.05) is 11.9 Å². The number of fused-ring (bicyclic) bond motifs is 1. The van der Waals surface area contributed by atoms with E-state index in [1.807, 2.05) is 0 Å². The highest BCUT2D eigenvalue weighted by atomic mass is 79.9. The molecular weight excluding hydrogens is 312 g/mol. The largest absolute Gasteiger partial charge is 0.423 e. The fraction of sp³-hybridized carbons (Fsp3) is 0.0769. The quantitative estimate of drug-likeness (QED) is 0.853. The first-order chi connectivity index (χ1) is 9.04. The van der Waals surface area contributed by atoms with Crippen LogP contribution >= 0.6 is 15.9 Å². The minimum atomic E-state index is -0.401. The fourth-order valence-electron chi connectivity index (χ4n) is 1.50. The highest BCUT2D eigenvalue weighted by Gasteiger charge is 2.03. The molecule has 0 atom stereocenters. The molecule has 0 saturated heterocycles. The molecule has 1 heterocycles. The van der Waals surface area contributed by atoms with Crippen molar-refractivity contribution in [1.82, 2.24) is 5.32 Å². The van der Waals surface area contributed by atoms with E-state index >= 15 is 0 Å². The number of nitrogens with one attached hydrogen (secondary N) is 2. The standard InChI is InChI=1S/C13H11BrN2O3/c1-8(14)7-15-13(18)16-10-3-4-11-9(6-10)2-5-12(17)19-11/h2-6H,1,7H2,(H2,15,16,18). The first-order valence-corrected chi connectivity index (χ1v) is 6.26. The van der Waals surface area contributed by atoms with Crippen LogP contribution in [0.15, 0.2) is 50.6 Å². The summed E-state index contributed by atoms with van der Waals surface area (Å²) in [5.41, 5.74) is 0.688. The second kappa shape index (κ2) is 5.71. The molecular formula is C13H11BrN2O3. The molecule has 0 radical (unpaired) electrons. The van der Waals surface area contributed by atoms with Crippen molar-refractivity contribution in [3.8, 4) is 0 Å². The van der Waals surface area contributed by atoms with E-state index in [-0.39, 0.29) is 6.03 Å². The molecule has 0 saturated carbocycles. The van der Waals surface area contributed by atoms with Crippen molar-refractivity contribution in [3.63, 3.8) is 0 Å². The lowest BCUT2D eigenvalue weighted by molar-refractivity contribution is 0.253. The molecule has 2 aromatic rings. The topological polar surface area (TPSA) is 71.3 Å². The highest BCUT2D eigenvalue weighted by molar-refractivity contribution is 9.11. The van der Waals surface area contributed by atoms with Gasteiger partial charge in [0.1, 0.15) is 5.58 Å². The van der Waals surface area contributed by atoms with Crippen LogP contribution in [-0.2, 0) is 0 Å². The Kier molecular flexibility index (Phi) is 4.01. The minimum Gasteiger partial charge on any atom is -0.423 e. The van der Waals surface area contributed by atoms with E-state index in [1.54, 1.807) is 24.3 Å². The zero-order valence-electron chi connectivity index (χ0n) is 9.90. The van der Waals surface area contributed by atoms with E-state index in [9.17, 15) is 9.59 Å². The Balaban J connectivity index is 2.13. The van der Waals surface area contributed by atoms with Crippen molar-refractivity contribution in [2.24, 2.45) is 0 Å². The molecule has 2 rings (SSSR count). The maximum atomic E-state index is 11.5. The Morgan fingerprint density at radius 3 is 2.84 bits per heavy atom. The summed E-state index contributed by atoms with van der Waals surface area (Å²) in [6, 6.07) is 7.66. The molecule has 6 heteroatoms. The van der Waals surface area contributed by atoms with Gasteiger partial charge in [-0.15, -0.1) is 0 Å². The molecule has 0 aliphatic rings. The Hall–Kier alpha value is -2.08. The summed E-state index contributed by atoms with van der Waals surface area (Å²) in [7, 11) is 0. The van der Waals surface area contributed by atoms with Gasteiger partial charge in [-0.1, -0.05) is 22.5 Å². The second-order valence-electron chi connectivity index (χ2n) is 3.83. The lowest BCUT2D eigenvalue weighted by atomic mass is 10.2. The molecule has 1 aromatic carbocycles. The van der Waals surface area contributed by atoms with E-state index in [2.05, 4.69) is 33.1 Å². The summed E-state index contributed by atoms with van der Waals surface area (Å²) in [5, 5.41) is 6.03. The number of rotatable bonds is 3. The van der Waals surface area contributed by atoms with Crippen LogP contribution in [0.4, 0.5) is 10.5 Å². The number of carbonyl (C=O) groups is 1. The summed E-state index contributed by atoms with van der Waals surface area (Å²) in [6.07, 6.45) is 0. The van der Waals surface area contributed by atoms with Crippen molar-refractivity contribution < 1.29 is 9.21 Å². The maximum Gasteiger partial charge on any atom is 0.336 e. The molecule has 2 N–H and O–H groups in total.